The molecule has 0 bridgehead atoms. The number of aryl methyl sites for hydroxylation is 1. The van der Waals surface area contributed by atoms with Crippen LogP contribution in [0.1, 0.15) is 50.0 Å². The van der Waals surface area contributed by atoms with Crippen molar-refractivity contribution in [3.8, 4) is 0 Å². The van der Waals surface area contributed by atoms with Crippen LogP contribution in [-0.2, 0) is 32.7 Å². The highest BCUT2D eigenvalue weighted by atomic mass is 16.5. The minimum Gasteiger partial charge on any atom is -0.466 e. The molecule has 3 N–H and O–H groups in total. The molecule has 0 saturated carbocycles. The Hall–Kier alpha value is -4.06. The van der Waals surface area contributed by atoms with Crippen LogP contribution < -0.4 is 21.5 Å². The van der Waals surface area contributed by atoms with Crippen molar-refractivity contribution in [2.75, 3.05) is 26.0 Å². The van der Waals surface area contributed by atoms with Crippen LogP contribution in [0.2, 0.25) is 0 Å². The molecule has 2 heterocycles. The highest BCUT2D eigenvalue weighted by Crippen LogP contribution is 2.07. The van der Waals surface area contributed by atoms with E-state index in [9.17, 15) is 24.0 Å². The van der Waals surface area contributed by atoms with Crippen molar-refractivity contribution in [1.29, 1.82) is 0 Å². The molecule has 2 aromatic heterocycles. The number of nitrogens with zero attached hydrogens (tertiary/aromatic N) is 3. The van der Waals surface area contributed by atoms with Crippen LogP contribution in [0.4, 0.5) is 5.69 Å². The Kier molecular flexibility index (Phi) is 15.4. The number of methoxy groups -OCH3 is 1. The molecule has 0 saturated heterocycles. The van der Waals surface area contributed by atoms with E-state index in [-0.39, 0.29) is 30.8 Å². The van der Waals surface area contributed by atoms with E-state index in [0.29, 0.717) is 6.29 Å². The predicted octanol–water partition coefficient (Wildman–Crippen LogP) is 1.67. The van der Waals surface area contributed by atoms with Crippen molar-refractivity contribution in [2.24, 2.45) is 13.0 Å². The number of rotatable bonds is 14. The molecule has 1 atom stereocenters. The standard InChI is InChI=1S/C20H23N5O6.C7H17N/c1-24-13-21-12-16(24)19(29)22-14(6-3-4-8-17(27)31-2)18(28)23-15-7-5-9-25(10-11-26)20(15)30;1-4-7(5-2)6-8-3/h4-5,7-9,11-14H,3,6,10H2,1-2H3,(H,22,29)(H,23,28);7-8H,4-6H2,1-3H3/b8-4+;. The molecule has 0 spiro atoms. The van der Waals surface area contributed by atoms with Crippen LogP contribution in [0.15, 0.2) is 47.8 Å². The lowest BCUT2D eigenvalue weighted by molar-refractivity contribution is -0.134. The number of hydrogen-bond donors (Lipinski definition) is 3. The lowest BCUT2D eigenvalue weighted by atomic mass is 10.0. The normalized spacial score (nSPS) is 11.4. The summed E-state index contributed by atoms with van der Waals surface area (Å²) in [4.78, 5) is 63.5. The van der Waals surface area contributed by atoms with E-state index in [1.54, 1.807) is 7.05 Å². The average molecular weight is 545 g/mol. The van der Waals surface area contributed by atoms with Crippen molar-refractivity contribution >= 4 is 29.8 Å². The van der Waals surface area contributed by atoms with Crippen molar-refractivity contribution in [1.82, 2.24) is 24.8 Å². The van der Waals surface area contributed by atoms with Gasteiger partial charge >= 0.3 is 5.97 Å². The molecular formula is C27H40N6O6. The Labute approximate surface area is 228 Å². The van der Waals surface area contributed by atoms with E-state index in [2.05, 4.69) is 39.5 Å². The Morgan fingerprint density at radius 2 is 1.92 bits per heavy atom. The molecule has 214 valence electrons. The van der Waals surface area contributed by atoms with Gasteiger partial charge in [0.1, 0.15) is 23.7 Å². The van der Waals surface area contributed by atoms with E-state index in [0.717, 1.165) is 10.5 Å². The van der Waals surface area contributed by atoms with Gasteiger partial charge in [-0.05, 0) is 44.5 Å². The zero-order valence-electron chi connectivity index (χ0n) is 23.3. The minimum absolute atomic E-state index is 0.0285. The topological polar surface area (TPSA) is 153 Å². The second-order valence-corrected chi connectivity index (χ2v) is 8.69. The molecule has 0 aliphatic heterocycles. The summed E-state index contributed by atoms with van der Waals surface area (Å²) in [5.41, 5.74) is -0.333. The van der Waals surface area contributed by atoms with E-state index in [4.69, 9.17) is 0 Å². The highest BCUT2D eigenvalue weighted by molar-refractivity contribution is 6.00. The molecule has 12 nitrogen and oxygen atoms in total. The summed E-state index contributed by atoms with van der Waals surface area (Å²) >= 11 is 0. The summed E-state index contributed by atoms with van der Waals surface area (Å²) in [6, 6.07) is 1.91. The number of esters is 1. The largest absolute Gasteiger partial charge is 0.466 e. The van der Waals surface area contributed by atoms with Crippen LogP contribution in [0.25, 0.3) is 0 Å². The number of pyridine rings is 1. The molecule has 39 heavy (non-hydrogen) atoms. The molecular weight excluding hydrogens is 504 g/mol. The van der Waals surface area contributed by atoms with Crippen LogP contribution in [0.3, 0.4) is 0 Å². The van der Waals surface area contributed by atoms with Gasteiger partial charge in [0.15, 0.2) is 0 Å². The summed E-state index contributed by atoms with van der Waals surface area (Å²) in [6.45, 7) is 5.51. The minimum atomic E-state index is -1.01. The molecule has 1 unspecified atom stereocenters. The number of ether oxygens (including phenoxy) is 1. The number of hydrogen-bond acceptors (Lipinski definition) is 8. The fraction of sp³-hybridized carbons (Fsp3) is 0.481. The van der Waals surface area contributed by atoms with Crippen LogP contribution in [0.5, 0.6) is 0 Å². The zero-order valence-corrected chi connectivity index (χ0v) is 23.3. The maximum absolute atomic E-state index is 12.8. The molecule has 2 aromatic rings. The average Bonchev–Trinajstić information content (AvgIpc) is 3.37. The van der Waals surface area contributed by atoms with Crippen molar-refractivity contribution < 1.29 is 23.9 Å². The van der Waals surface area contributed by atoms with Gasteiger partial charge in [-0.15, -0.1) is 0 Å². The van der Waals surface area contributed by atoms with Crippen LogP contribution in [-0.4, -0.2) is 64.9 Å². The summed E-state index contributed by atoms with van der Waals surface area (Å²) in [6.07, 6.45) is 10.6. The molecule has 0 aliphatic carbocycles. The fourth-order valence-corrected chi connectivity index (χ4v) is 3.53. The van der Waals surface area contributed by atoms with Gasteiger partial charge in [-0.25, -0.2) is 9.78 Å². The van der Waals surface area contributed by atoms with Gasteiger partial charge in [0.2, 0.25) is 5.91 Å². The van der Waals surface area contributed by atoms with Gasteiger partial charge in [0.25, 0.3) is 11.5 Å². The number of aromatic nitrogens is 3. The first-order valence-electron chi connectivity index (χ1n) is 12.8. The van der Waals surface area contributed by atoms with Crippen LogP contribution in [0, 0.1) is 5.92 Å². The molecule has 2 amide bonds. The van der Waals surface area contributed by atoms with Crippen molar-refractivity contribution in [2.45, 2.75) is 52.1 Å². The first kappa shape index (κ1) is 33.0. The third-order valence-corrected chi connectivity index (χ3v) is 5.95. The molecule has 0 fully saturated rings. The predicted molar refractivity (Wildman–Crippen MR) is 148 cm³/mol. The van der Waals surface area contributed by atoms with E-state index in [1.165, 1.54) is 74.1 Å². The first-order valence-corrected chi connectivity index (χ1v) is 12.8. The number of amides is 2. The third-order valence-electron chi connectivity index (χ3n) is 5.95. The number of carbonyl (C=O) groups excluding carboxylic acids is 4. The van der Waals surface area contributed by atoms with Gasteiger partial charge in [-0.3, -0.25) is 14.4 Å². The van der Waals surface area contributed by atoms with Crippen molar-refractivity contribution in [3.63, 3.8) is 0 Å². The number of aldehydes is 1. The maximum atomic E-state index is 12.8. The highest BCUT2D eigenvalue weighted by Gasteiger charge is 2.23. The van der Waals surface area contributed by atoms with E-state index >= 15 is 0 Å². The Morgan fingerprint density at radius 3 is 2.46 bits per heavy atom. The lowest BCUT2D eigenvalue weighted by Crippen LogP contribution is -2.45. The second-order valence-electron chi connectivity index (χ2n) is 8.69. The number of allylic oxidation sites excluding steroid dienone is 1. The fourth-order valence-electron chi connectivity index (χ4n) is 3.53. The molecule has 0 aliphatic rings. The number of anilines is 1. The number of nitrogens with one attached hydrogen (secondary N) is 3. The third kappa shape index (κ3) is 11.5. The monoisotopic (exact) mass is 544 g/mol. The second kappa shape index (κ2) is 18.2. The SMILES string of the molecule is CCC(CC)CNC.COC(=O)/C=C/CCC(NC(=O)c1cncn1C)C(=O)Nc1cccn(CC=O)c1=O. The molecule has 0 radical (unpaired) electrons. The Bertz CT molecular complexity index is 1150. The summed E-state index contributed by atoms with van der Waals surface area (Å²) in [5, 5.41) is 8.28. The maximum Gasteiger partial charge on any atom is 0.330 e. The summed E-state index contributed by atoms with van der Waals surface area (Å²) < 4.78 is 7.15. The van der Waals surface area contributed by atoms with Gasteiger partial charge in [0.05, 0.1) is 26.2 Å². The van der Waals surface area contributed by atoms with Gasteiger partial charge in [-0.2, -0.15) is 0 Å². The van der Waals surface area contributed by atoms with Gasteiger partial charge in [0, 0.05) is 19.3 Å². The molecule has 12 heteroatoms. The molecule has 2 rings (SSSR count). The Balaban J connectivity index is 0.000000824. The zero-order chi connectivity index (χ0) is 29.2. The van der Waals surface area contributed by atoms with Crippen LogP contribution >= 0.6 is 0 Å². The van der Waals surface area contributed by atoms with Gasteiger partial charge in [-0.1, -0.05) is 32.8 Å². The summed E-state index contributed by atoms with van der Waals surface area (Å²) in [7, 11) is 4.89. The summed E-state index contributed by atoms with van der Waals surface area (Å²) in [5.74, 6) is -0.800. The Morgan fingerprint density at radius 1 is 1.21 bits per heavy atom. The van der Waals surface area contributed by atoms with Crippen molar-refractivity contribution in [3.05, 3.63) is 59.1 Å². The number of imidazole rings is 1. The first-order chi connectivity index (χ1) is 18.7. The van der Waals surface area contributed by atoms with E-state index in [1.807, 2.05) is 7.05 Å². The van der Waals surface area contributed by atoms with E-state index < -0.39 is 29.4 Å². The molecule has 0 aromatic carbocycles. The van der Waals surface area contributed by atoms with Gasteiger partial charge < -0.3 is 34.6 Å². The lowest BCUT2D eigenvalue weighted by Gasteiger charge is -2.18. The smallest absolute Gasteiger partial charge is 0.330 e. The number of carbonyl (C=O) groups is 4. The quantitative estimate of drug-likeness (QED) is 0.184.